The largest absolute Gasteiger partial charge is 0.493 e. The summed E-state index contributed by atoms with van der Waals surface area (Å²) in [6, 6.07) is 8.02. The van der Waals surface area contributed by atoms with Gasteiger partial charge in [0.25, 0.3) is 0 Å². The van der Waals surface area contributed by atoms with Gasteiger partial charge in [0.1, 0.15) is 5.65 Å². The molecule has 33 heavy (non-hydrogen) atoms. The van der Waals surface area contributed by atoms with Gasteiger partial charge in [-0.25, -0.2) is 14.8 Å². The average Bonchev–Trinajstić information content (AvgIpc) is 3.53. The predicted octanol–water partition coefficient (Wildman–Crippen LogP) is 4.06. The van der Waals surface area contributed by atoms with E-state index in [2.05, 4.69) is 27.5 Å². The maximum Gasteiger partial charge on any atom is 0.332 e. The fourth-order valence-corrected chi connectivity index (χ4v) is 4.58. The van der Waals surface area contributed by atoms with Crippen LogP contribution in [0.3, 0.4) is 0 Å². The van der Waals surface area contributed by atoms with Gasteiger partial charge in [-0.1, -0.05) is 12.1 Å². The maximum atomic E-state index is 12.6. The zero-order valence-electron chi connectivity index (χ0n) is 19.1. The molecule has 0 spiro atoms. The van der Waals surface area contributed by atoms with Crippen molar-refractivity contribution in [1.82, 2.24) is 25.3 Å². The lowest BCUT2D eigenvalue weighted by Crippen LogP contribution is -2.49. The number of carbonyl (C=O) groups is 1. The number of methoxy groups -OCH3 is 2. The molecule has 1 aromatic carbocycles. The first-order chi connectivity index (χ1) is 16.2. The van der Waals surface area contributed by atoms with Gasteiger partial charge in [-0.05, 0) is 48.6 Å². The second-order valence-electron chi connectivity index (χ2n) is 8.43. The number of aromatic amines is 1. The number of hydrazine groups is 1. The second kappa shape index (κ2) is 9.15. The van der Waals surface area contributed by atoms with E-state index in [1.807, 2.05) is 40.5 Å². The van der Waals surface area contributed by atoms with Gasteiger partial charge in [-0.2, -0.15) is 0 Å². The van der Waals surface area contributed by atoms with Crippen LogP contribution < -0.4 is 14.9 Å². The van der Waals surface area contributed by atoms with Crippen LogP contribution in [-0.2, 0) is 0 Å². The lowest BCUT2D eigenvalue weighted by Gasteiger charge is -2.28. The standard InChI is InChI=1S/C25H29N5O3/c1-32-22-6-5-18(14-23(22)33-2)19-13-20-21(16-27-24(20)26-15-19)17-7-11-29(12-8-17)25(31)28-30-9-3-4-10-30/h5-7,13-16H,3-4,8-12H2,1-2H3,(H,26,27)(H,28,31). The van der Waals surface area contributed by atoms with Crippen LogP contribution in [-0.4, -0.2) is 66.3 Å². The van der Waals surface area contributed by atoms with Gasteiger partial charge in [0, 0.05) is 55.1 Å². The number of rotatable bonds is 5. The minimum Gasteiger partial charge on any atom is -0.493 e. The number of ether oxygens (including phenoxy) is 2. The van der Waals surface area contributed by atoms with Crippen molar-refractivity contribution in [3.8, 4) is 22.6 Å². The highest BCUT2D eigenvalue weighted by Crippen LogP contribution is 2.35. The first-order valence-electron chi connectivity index (χ1n) is 11.4. The van der Waals surface area contributed by atoms with Gasteiger partial charge >= 0.3 is 6.03 Å². The van der Waals surface area contributed by atoms with E-state index < -0.39 is 0 Å². The van der Waals surface area contributed by atoms with Gasteiger partial charge in [-0.3, -0.25) is 5.43 Å². The Bertz CT molecular complexity index is 1200. The van der Waals surface area contributed by atoms with Crippen molar-refractivity contribution in [2.45, 2.75) is 19.3 Å². The van der Waals surface area contributed by atoms with E-state index in [9.17, 15) is 4.79 Å². The zero-order valence-corrected chi connectivity index (χ0v) is 19.1. The highest BCUT2D eigenvalue weighted by molar-refractivity contribution is 5.93. The molecule has 2 aliphatic heterocycles. The Morgan fingerprint density at radius 1 is 1.06 bits per heavy atom. The van der Waals surface area contributed by atoms with Crippen molar-refractivity contribution >= 4 is 22.6 Å². The number of nitrogens with one attached hydrogen (secondary N) is 2. The summed E-state index contributed by atoms with van der Waals surface area (Å²) in [6.07, 6.45) is 9.12. The summed E-state index contributed by atoms with van der Waals surface area (Å²) in [6.45, 7) is 3.17. The molecule has 4 heterocycles. The highest BCUT2D eigenvalue weighted by atomic mass is 16.5. The third-order valence-corrected chi connectivity index (χ3v) is 6.45. The summed E-state index contributed by atoms with van der Waals surface area (Å²) in [4.78, 5) is 22.4. The molecule has 172 valence electrons. The molecular formula is C25H29N5O3. The lowest BCUT2D eigenvalue weighted by molar-refractivity contribution is 0.163. The molecule has 0 saturated carbocycles. The summed E-state index contributed by atoms with van der Waals surface area (Å²) in [7, 11) is 3.27. The molecule has 5 rings (SSSR count). The number of hydrogen-bond acceptors (Lipinski definition) is 5. The van der Waals surface area contributed by atoms with E-state index in [0.717, 1.165) is 60.1 Å². The van der Waals surface area contributed by atoms with E-state index in [4.69, 9.17) is 9.47 Å². The number of benzene rings is 1. The summed E-state index contributed by atoms with van der Waals surface area (Å²) in [5.74, 6) is 1.38. The molecule has 2 aromatic heterocycles. The topological polar surface area (TPSA) is 82.7 Å². The van der Waals surface area contributed by atoms with Crippen LogP contribution in [0, 0.1) is 0 Å². The molecule has 0 atom stereocenters. The third kappa shape index (κ3) is 4.26. The Hall–Kier alpha value is -3.52. The van der Waals surface area contributed by atoms with Crippen LogP contribution in [0.1, 0.15) is 24.8 Å². The Morgan fingerprint density at radius 2 is 1.88 bits per heavy atom. The van der Waals surface area contributed by atoms with Crippen molar-refractivity contribution in [2.24, 2.45) is 0 Å². The molecular weight excluding hydrogens is 418 g/mol. The predicted molar refractivity (Wildman–Crippen MR) is 128 cm³/mol. The van der Waals surface area contributed by atoms with Crippen LogP contribution >= 0.6 is 0 Å². The van der Waals surface area contributed by atoms with E-state index in [-0.39, 0.29) is 6.03 Å². The molecule has 1 saturated heterocycles. The molecule has 2 N–H and O–H groups in total. The number of amides is 2. The van der Waals surface area contributed by atoms with Crippen LogP contribution in [0.5, 0.6) is 11.5 Å². The summed E-state index contributed by atoms with van der Waals surface area (Å²) >= 11 is 0. The van der Waals surface area contributed by atoms with Crippen LogP contribution in [0.4, 0.5) is 4.79 Å². The lowest BCUT2D eigenvalue weighted by atomic mass is 9.98. The van der Waals surface area contributed by atoms with Gasteiger partial charge in [0.05, 0.1) is 14.2 Å². The van der Waals surface area contributed by atoms with Crippen LogP contribution in [0.15, 0.2) is 42.7 Å². The van der Waals surface area contributed by atoms with Gasteiger partial charge in [-0.15, -0.1) is 0 Å². The molecule has 0 unspecified atom stereocenters. The van der Waals surface area contributed by atoms with Crippen LogP contribution in [0.2, 0.25) is 0 Å². The third-order valence-electron chi connectivity index (χ3n) is 6.45. The number of hydrogen-bond donors (Lipinski definition) is 2. The molecule has 2 aliphatic rings. The van der Waals surface area contributed by atoms with Crippen molar-refractivity contribution in [2.75, 3.05) is 40.4 Å². The number of urea groups is 1. The van der Waals surface area contributed by atoms with Crippen molar-refractivity contribution in [3.05, 3.63) is 48.3 Å². The summed E-state index contributed by atoms with van der Waals surface area (Å²) in [5.41, 5.74) is 8.27. The van der Waals surface area contributed by atoms with E-state index in [0.29, 0.717) is 24.6 Å². The zero-order chi connectivity index (χ0) is 22.8. The Morgan fingerprint density at radius 3 is 2.61 bits per heavy atom. The molecule has 2 amide bonds. The van der Waals surface area contributed by atoms with Crippen molar-refractivity contribution in [3.63, 3.8) is 0 Å². The molecule has 8 heteroatoms. The fourth-order valence-electron chi connectivity index (χ4n) is 4.58. The van der Waals surface area contributed by atoms with Crippen LogP contribution in [0.25, 0.3) is 27.7 Å². The second-order valence-corrected chi connectivity index (χ2v) is 8.43. The monoisotopic (exact) mass is 447 g/mol. The van der Waals surface area contributed by atoms with E-state index >= 15 is 0 Å². The molecule has 0 radical (unpaired) electrons. The van der Waals surface area contributed by atoms with E-state index in [1.54, 1.807) is 14.2 Å². The molecule has 0 aliphatic carbocycles. The first kappa shape index (κ1) is 21.3. The van der Waals surface area contributed by atoms with E-state index in [1.165, 1.54) is 5.57 Å². The summed E-state index contributed by atoms with van der Waals surface area (Å²) < 4.78 is 10.8. The number of carbonyl (C=O) groups excluding carboxylic acids is 1. The van der Waals surface area contributed by atoms with Crippen molar-refractivity contribution in [1.29, 1.82) is 0 Å². The van der Waals surface area contributed by atoms with Gasteiger partial charge in [0.2, 0.25) is 0 Å². The number of nitrogens with zero attached hydrogens (tertiary/aromatic N) is 3. The molecule has 0 bridgehead atoms. The SMILES string of the molecule is COc1ccc(-c2cnc3[nH]cc(C4=CCN(C(=O)NN5CCCC5)CC4)c3c2)cc1OC. The average molecular weight is 448 g/mol. The number of H-pyrrole nitrogens is 1. The Kier molecular flexibility index (Phi) is 5.92. The van der Waals surface area contributed by atoms with Gasteiger partial charge < -0.3 is 19.4 Å². The smallest absolute Gasteiger partial charge is 0.332 e. The highest BCUT2D eigenvalue weighted by Gasteiger charge is 2.22. The fraction of sp³-hybridized carbons (Fsp3) is 0.360. The number of aromatic nitrogens is 2. The normalized spacial score (nSPS) is 16.7. The number of pyridine rings is 1. The molecule has 1 fully saturated rings. The molecule has 3 aromatic rings. The quantitative estimate of drug-likeness (QED) is 0.617. The van der Waals surface area contributed by atoms with Crippen molar-refractivity contribution < 1.29 is 14.3 Å². The van der Waals surface area contributed by atoms with Gasteiger partial charge in [0.15, 0.2) is 11.5 Å². The maximum absolute atomic E-state index is 12.6. The minimum absolute atomic E-state index is 0.0106. The minimum atomic E-state index is -0.0106. The Labute approximate surface area is 193 Å². The number of fused-ring (bicyclic) bond motifs is 1. The summed E-state index contributed by atoms with van der Waals surface area (Å²) in [5, 5.41) is 3.09. The molecule has 8 nitrogen and oxygen atoms in total. The first-order valence-corrected chi connectivity index (χ1v) is 11.4. The Balaban J connectivity index is 1.37.